The van der Waals surface area contributed by atoms with E-state index in [1.807, 2.05) is 55.5 Å². The Hall–Kier alpha value is -2.28. The average molecular weight is 418 g/mol. The second-order valence-electron chi connectivity index (χ2n) is 7.05. The van der Waals surface area contributed by atoms with Gasteiger partial charge in [0.15, 0.2) is 0 Å². The molecule has 0 bridgehead atoms. The molecule has 0 radical (unpaired) electrons. The van der Waals surface area contributed by atoms with Crippen molar-refractivity contribution in [2.75, 3.05) is 51.8 Å². The van der Waals surface area contributed by atoms with Crippen LogP contribution in [-0.2, 0) is 4.79 Å². The smallest absolute Gasteiger partial charge is 0.241 e. The van der Waals surface area contributed by atoms with E-state index in [1.54, 1.807) is 7.11 Å². The number of para-hydroxylation sites is 2. The molecule has 2 aromatic rings. The predicted octanol–water partition coefficient (Wildman–Crippen LogP) is 3.37. The van der Waals surface area contributed by atoms with E-state index < -0.39 is 0 Å². The second-order valence-corrected chi connectivity index (χ2v) is 7.48. The maximum Gasteiger partial charge on any atom is 0.241 e. The van der Waals surface area contributed by atoms with E-state index in [2.05, 4.69) is 15.1 Å². The minimum Gasteiger partial charge on any atom is -0.495 e. The Labute approximate surface area is 177 Å². The first kappa shape index (κ1) is 21.4. The number of carbonyl (C=O) groups is 1. The van der Waals surface area contributed by atoms with Crippen molar-refractivity contribution in [2.45, 2.75) is 13.0 Å². The number of ether oxygens (including phenoxy) is 2. The number of nitrogens with zero attached hydrogens (tertiary/aromatic N) is 2. The van der Waals surface area contributed by atoms with Crippen molar-refractivity contribution >= 4 is 23.2 Å². The summed E-state index contributed by atoms with van der Waals surface area (Å²) in [5.41, 5.74) is 0.699. The SMILES string of the molecule is COc1ccccc1NC(=O)[C@@H](C)N1CCN(CCOc2ccc(Cl)cc2)CC1. The van der Waals surface area contributed by atoms with Gasteiger partial charge in [0, 0.05) is 37.7 Å². The van der Waals surface area contributed by atoms with E-state index in [4.69, 9.17) is 21.1 Å². The van der Waals surface area contributed by atoms with E-state index in [0.29, 0.717) is 23.1 Å². The average Bonchev–Trinajstić information content (AvgIpc) is 2.75. The monoisotopic (exact) mass is 417 g/mol. The molecule has 1 heterocycles. The molecule has 0 aliphatic carbocycles. The van der Waals surface area contributed by atoms with Crippen molar-refractivity contribution in [3.8, 4) is 11.5 Å². The predicted molar refractivity (Wildman–Crippen MR) is 116 cm³/mol. The summed E-state index contributed by atoms with van der Waals surface area (Å²) in [6, 6.07) is 14.7. The largest absolute Gasteiger partial charge is 0.495 e. The minimum atomic E-state index is -0.202. The van der Waals surface area contributed by atoms with Crippen LogP contribution in [0.5, 0.6) is 11.5 Å². The summed E-state index contributed by atoms with van der Waals surface area (Å²) in [7, 11) is 1.60. The molecule has 1 saturated heterocycles. The van der Waals surface area contributed by atoms with Gasteiger partial charge in [0.2, 0.25) is 5.91 Å². The number of halogens is 1. The molecule has 156 valence electrons. The molecule has 1 fully saturated rings. The van der Waals surface area contributed by atoms with Crippen LogP contribution in [-0.4, -0.2) is 68.2 Å². The van der Waals surface area contributed by atoms with Crippen LogP contribution in [0.1, 0.15) is 6.92 Å². The summed E-state index contributed by atoms with van der Waals surface area (Å²) in [5.74, 6) is 1.47. The molecule has 0 unspecified atom stereocenters. The van der Waals surface area contributed by atoms with Crippen LogP contribution in [0.3, 0.4) is 0 Å². The Bertz CT molecular complexity index is 792. The van der Waals surface area contributed by atoms with Crippen molar-refractivity contribution in [2.24, 2.45) is 0 Å². The lowest BCUT2D eigenvalue weighted by Crippen LogP contribution is -2.53. The summed E-state index contributed by atoms with van der Waals surface area (Å²) in [5, 5.41) is 3.68. The van der Waals surface area contributed by atoms with Crippen LogP contribution in [0, 0.1) is 0 Å². The molecule has 0 spiro atoms. The maximum absolute atomic E-state index is 12.7. The molecular weight excluding hydrogens is 390 g/mol. The van der Waals surface area contributed by atoms with Gasteiger partial charge in [-0.1, -0.05) is 23.7 Å². The van der Waals surface area contributed by atoms with Crippen molar-refractivity contribution in [1.82, 2.24) is 9.80 Å². The van der Waals surface area contributed by atoms with Crippen molar-refractivity contribution in [3.63, 3.8) is 0 Å². The first-order chi connectivity index (χ1) is 14.1. The zero-order valence-electron chi connectivity index (χ0n) is 16.9. The number of anilines is 1. The van der Waals surface area contributed by atoms with Gasteiger partial charge >= 0.3 is 0 Å². The van der Waals surface area contributed by atoms with E-state index in [-0.39, 0.29) is 11.9 Å². The van der Waals surface area contributed by atoms with E-state index in [1.165, 1.54) is 0 Å². The third-order valence-electron chi connectivity index (χ3n) is 5.19. The Morgan fingerprint density at radius 2 is 1.79 bits per heavy atom. The standard InChI is InChI=1S/C22H28ClN3O3/c1-17(22(27)24-20-5-3-4-6-21(20)28-2)26-13-11-25(12-14-26)15-16-29-19-9-7-18(23)8-10-19/h3-10,17H,11-16H2,1-2H3,(H,24,27)/t17-/m1/s1. The molecule has 1 aliphatic rings. The van der Waals surface area contributed by atoms with Crippen molar-refractivity contribution < 1.29 is 14.3 Å². The number of hydrogen-bond donors (Lipinski definition) is 1. The molecule has 2 aromatic carbocycles. The Balaban J connectivity index is 1.41. The van der Waals surface area contributed by atoms with E-state index in [0.717, 1.165) is 38.5 Å². The first-order valence-corrected chi connectivity index (χ1v) is 10.2. The lowest BCUT2D eigenvalue weighted by atomic mass is 10.2. The number of methoxy groups -OCH3 is 1. The zero-order valence-corrected chi connectivity index (χ0v) is 17.7. The van der Waals surface area contributed by atoms with Gasteiger partial charge in [-0.05, 0) is 43.3 Å². The fraction of sp³-hybridized carbons (Fsp3) is 0.409. The summed E-state index contributed by atoms with van der Waals surface area (Å²) in [6.45, 7) is 6.96. The van der Waals surface area contributed by atoms with E-state index >= 15 is 0 Å². The van der Waals surface area contributed by atoms with Gasteiger partial charge < -0.3 is 14.8 Å². The van der Waals surface area contributed by atoms with Crippen molar-refractivity contribution in [1.29, 1.82) is 0 Å². The molecule has 1 amide bonds. The Morgan fingerprint density at radius 3 is 2.48 bits per heavy atom. The topological polar surface area (TPSA) is 54.0 Å². The van der Waals surface area contributed by atoms with Crippen LogP contribution >= 0.6 is 11.6 Å². The number of rotatable bonds is 8. The lowest BCUT2D eigenvalue weighted by Gasteiger charge is -2.37. The van der Waals surface area contributed by atoms with Gasteiger partial charge in [-0.3, -0.25) is 14.6 Å². The number of benzene rings is 2. The number of hydrogen-bond acceptors (Lipinski definition) is 5. The Kier molecular flexibility index (Phi) is 7.75. The van der Waals surface area contributed by atoms with Crippen molar-refractivity contribution in [3.05, 3.63) is 53.6 Å². The normalized spacial score (nSPS) is 16.2. The van der Waals surface area contributed by atoms with Crippen LogP contribution in [0.25, 0.3) is 0 Å². The van der Waals surface area contributed by atoms with Crippen LogP contribution in [0.4, 0.5) is 5.69 Å². The maximum atomic E-state index is 12.7. The van der Waals surface area contributed by atoms with Crippen LogP contribution < -0.4 is 14.8 Å². The molecule has 1 aliphatic heterocycles. The highest BCUT2D eigenvalue weighted by molar-refractivity contribution is 6.30. The summed E-state index contributed by atoms with van der Waals surface area (Å²) >= 11 is 5.89. The molecule has 3 rings (SSSR count). The van der Waals surface area contributed by atoms with Gasteiger partial charge in [0.25, 0.3) is 0 Å². The third kappa shape index (κ3) is 6.10. The van der Waals surface area contributed by atoms with Gasteiger partial charge in [-0.25, -0.2) is 0 Å². The Morgan fingerprint density at radius 1 is 1.10 bits per heavy atom. The van der Waals surface area contributed by atoms with Gasteiger partial charge in [0.05, 0.1) is 18.8 Å². The molecule has 0 aromatic heterocycles. The molecule has 29 heavy (non-hydrogen) atoms. The molecule has 1 N–H and O–H groups in total. The number of nitrogens with one attached hydrogen (secondary N) is 1. The molecule has 1 atom stereocenters. The van der Waals surface area contributed by atoms with Crippen LogP contribution in [0.15, 0.2) is 48.5 Å². The summed E-state index contributed by atoms with van der Waals surface area (Å²) < 4.78 is 11.1. The van der Waals surface area contributed by atoms with Gasteiger partial charge in [-0.15, -0.1) is 0 Å². The highest BCUT2D eigenvalue weighted by atomic mass is 35.5. The highest BCUT2D eigenvalue weighted by Crippen LogP contribution is 2.23. The summed E-state index contributed by atoms with van der Waals surface area (Å²) in [4.78, 5) is 17.2. The minimum absolute atomic E-state index is 0.0194. The van der Waals surface area contributed by atoms with E-state index in [9.17, 15) is 4.79 Å². The fourth-order valence-electron chi connectivity index (χ4n) is 3.35. The fourth-order valence-corrected chi connectivity index (χ4v) is 3.47. The van der Waals surface area contributed by atoms with Gasteiger partial charge in [-0.2, -0.15) is 0 Å². The summed E-state index contributed by atoms with van der Waals surface area (Å²) in [6.07, 6.45) is 0. The number of carbonyl (C=O) groups excluding carboxylic acids is 1. The number of amides is 1. The molecule has 7 heteroatoms. The molecule has 0 saturated carbocycles. The third-order valence-corrected chi connectivity index (χ3v) is 5.44. The molecule has 6 nitrogen and oxygen atoms in total. The highest BCUT2D eigenvalue weighted by Gasteiger charge is 2.26. The first-order valence-electron chi connectivity index (χ1n) is 9.85. The quantitative estimate of drug-likeness (QED) is 0.713. The zero-order chi connectivity index (χ0) is 20.6. The molecular formula is C22H28ClN3O3. The van der Waals surface area contributed by atoms with Gasteiger partial charge in [0.1, 0.15) is 18.1 Å². The second kappa shape index (κ2) is 10.5. The number of piperazine rings is 1. The van der Waals surface area contributed by atoms with Crippen LogP contribution in [0.2, 0.25) is 5.02 Å². The lowest BCUT2D eigenvalue weighted by molar-refractivity contribution is -0.121.